The largest absolute Gasteiger partial charge is 0.455 e. The second-order valence-electron chi connectivity index (χ2n) is 7.94. The molecule has 4 aromatic rings. The first-order chi connectivity index (χ1) is 15.5. The number of hydrogen-bond donors (Lipinski definition) is 0. The average molecular weight is 491 g/mol. The molecule has 5 rings (SSSR count). The first-order valence-electron chi connectivity index (χ1n) is 10.5. The lowest BCUT2D eigenvalue weighted by Crippen LogP contribution is -2.07. The highest BCUT2D eigenvalue weighted by Crippen LogP contribution is 2.43. The van der Waals surface area contributed by atoms with E-state index in [9.17, 15) is 15.4 Å². The molecule has 1 aliphatic rings. The van der Waals surface area contributed by atoms with Crippen molar-refractivity contribution in [1.29, 1.82) is 5.26 Å². The van der Waals surface area contributed by atoms with Crippen molar-refractivity contribution >= 4 is 32.6 Å². The molecule has 32 heavy (non-hydrogen) atoms. The number of imidazole rings is 1. The number of benzene rings is 2. The molecule has 0 bridgehead atoms. The number of aromatic nitrogens is 2. The van der Waals surface area contributed by atoms with Crippen molar-refractivity contribution in [3.8, 4) is 17.4 Å². The minimum Gasteiger partial charge on any atom is -0.455 e. The van der Waals surface area contributed by atoms with Gasteiger partial charge in [0.05, 0.1) is 27.2 Å². The summed E-state index contributed by atoms with van der Waals surface area (Å²) in [6.07, 6.45) is 2.94. The van der Waals surface area contributed by atoms with Crippen LogP contribution in [0.15, 0.2) is 51.4 Å². The molecule has 0 atom stereocenters. The van der Waals surface area contributed by atoms with Crippen molar-refractivity contribution in [3.63, 3.8) is 0 Å². The zero-order valence-electron chi connectivity index (χ0n) is 17.3. The third-order valence-corrected chi connectivity index (χ3v) is 6.62. The topological polar surface area (TPSA) is 97.9 Å². The Bertz CT molecular complexity index is 1410. The molecule has 0 spiro atoms. The van der Waals surface area contributed by atoms with Crippen LogP contribution in [0.1, 0.15) is 48.5 Å². The van der Waals surface area contributed by atoms with E-state index in [0.717, 1.165) is 41.7 Å². The minimum absolute atomic E-state index is 0.00949. The number of para-hydroxylation sites is 1. The van der Waals surface area contributed by atoms with Crippen molar-refractivity contribution in [3.05, 3.63) is 79.8 Å². The summed E-state index contributed by atoms with van der Waals surface area (Å²) in [6.45, 7) is 2.58. The molecule has 8 heteroatoms. The Morgan fingerprint density at radius 1 is 1.31 bits per heavy atom. The second-order valence-corrected chi connectivity index (χ2v) is 8.73. The van der Waals surface area contributed by atoms with Gasteiger partial charge in [0, 0.05) is 23.8 Å². The first kappa shape index (κ1) is 20.5. The maximum Gasteiger partial charge on any atom is 0.280 e. The van der Waals surface area contributed by atoms with Crippen molar-refractivity contribution < 1.29 is 9.34 Å². The number of hydrogen-bond acceptors (Lipinski definition) is 5. The summed E-state index contributed by atoms with van der Waals surface area (Å²) >= 11 is 3.59. The fourth-order valence-corrected chi connectivity index (χ4v) is 4.72. The predicted molar refractivity (Wildman–Crippen MR) is 123 cm³/mol. The lowest BCUT2D eigenvalue weighted by Gasteiger charge is -2.08. The number of nitrogens with zero attached hydrogens (tertiary/aromatic N) is 4. The number of nitro benzene ring substituents is 1. The SMILES string of the molecule is CCc1nc(C2CC2)c(C#N)n1Cc1ccc2oc(-c3ccccc3[N+](=O)[O-])c(Br)c2c1. The van der Waals surface area contributed by atoms with Crippen LogP contribution in [0, 0.1) is 21.4 Å². The van der Waals surface area contributed by atoms with Crippen LogP contribution in [0.2, 0.25) is 0 Å². The Hall–Kier alpha value is -3.44. The lowest BCUT2D eigenvalue weighted by molar-refractivity contribution is -0.384. The fraction of sp³-hybridized carbons (Fsp3) is 0.250. The molecule has 7 nitrogen and oxygen atoms in total. The molecule has 0 N–H and O–H groups in total. The summed E-state index contributed by atoms with van der Waals surface area (Å²) in [4.78, 5) is 15.8. The molecule has 0 saturated heterocycles. The smallest absolute Gasteiger partial charge is 0.280 e. The van der Waals surface area contributed by atoms with Gasteiger partial charge >= 0.3 is 0 Å². The zero-order chi connectivity index (χ0) is 22.4. The van der Waals surface area contributed by atoms with Crippen LogP contribution in [0.4, 0.5) is 5.69 Å². The Balaban J connectivity index is 1.57. The summed E-state index contributed by atoms with van der Waals surface area (Å²) in [7, 11) is 0. The van der Waals surface area contributed by atoms with Crippen LogP contribution in [0.5, 0.6) is 0 Å². The maximum absolute atomic E-state index is 11.5. The number of aryl methyl sites for hydroxylation is 1. The van der Waals surface area contributed by atoms with Crippen molar-refractivity contribution in [1.82, 2.24) is 9.55 Å². The number of rotatable bonds is 6. The van der Waals surface area contributed by atoms with E-state index in [2.05, 4.69) is 22.0 Å². The van der Waals surface area contributed by atoms with Crippen molar-refractivity contribution in [2.75, 3.05) is 0 Å². The normalized spacial score (nSPS) is 13.4. The van der Waals surface area contributed by atoms with E-state index in [1.54, 1.807) is 18.2 Å². The van der Waals surface area contributed by atoms with Gasteiger partial charge in [-0.1, -0.05) is 25.1 Å². The molecule has 2 heterocycles. The Labute approximate surface area is 192 Å². The number of fused-ring (bicyclic) bond motifs is 1. The van der Waals surface area contributed by atoms with E-state index in [0.29, 0.717) is 39.5 Å². The van der Waals surface area contributed by atoms with Crippen molar-refractivity contribution in [2.24, 2.45) is 0 Å². The number of halogens is 1. The third kappa shape index (κ3) is 3.39. The van der Waals surface area contributed by atoms with Crippen LogP contribution < -0.4 is 0 Å². The van der Waals surface area contributed by atoms with E-state index in [1.807, 2.05) is 29.7 Å². The predicted octanol–water partition coefficient (Wildman–Crippen LogP) is 6.33. The molecule has 0 amide bonds. The Morgan fingerprint density at radius 2 is 2.09 bits per heavy atom. The first-order valence-corrected chi connectivity index (χ1v) is 11.2. The molecule has 2 aromatic heterocycles. The van der Waals surface area contributed by atoms with Crippen LogP contribution in [-0.2, 0) is 13.0 Å². The highest BCUT2D eigenvalue weighted by atomic mass is 79.9. The molecule has 0 aliphatic heterocycles. The molecular formula is C24H19BrN4O3. The van der Waals surface area contributed by atoms with Gasteiger partial charge in [0.15, 0.2) is 5.76 Å². The van der Waals surface area contributed by atoms with Crippen LogP contribution in [0.3, 0.4) is 0 Å². The Morgan fingerprint density at radius 3 is 2.78 bits per heavy atom. The van der Waals surface area contributed by atoms with E-state index in [-0.39, 0.29) is 5.69 Å². The highest BCUT2D eigenvalue weighted by Gasteiger charge is 2.31. The van der Waals surface area contributed by atoms with E-state index >= 15 is 0 Å². The van der Waals surface area contributed by atoms with Gasteiger partial charge in [0.1, 0.15) is 23.2 Å². The molecule has 1 fully saturated rings. The third-order valence-electron chi connectivity index (χ3n) is 5.84. The summed E-state index contributed by atoms with van der Waals surface area (Å²) < 4.78 is 8.67. The maximum atomic E-state index is 11.5. The molecule has 160 valence electrons. The Kier molecular flexibility index (Phi) is 5.06. The molecule has 2 aromatic carbocycles. The summed E-state index contributed by atoms with van der Waals surface area (Å²) in [5.74, 6) is 1.75. The number of nitro groups is 1. The van der Waals surface area contributed by atoms with Gasteiger partial charge < -0.3 is 8.98 Å². The zero-order valence-corrected chi connectivity index (χ0v) is 18.9. The lowest BCUT2D eigenvalue weighted by atomic mass is 10.1. The fourth-order valence-electron chi connectivity index (χ4n) is 4.11. The summed E-state index contributed by atoms with van der Waals surface area (Å²) in [5.41, 5.74) is 3.62. The van der Waals surface area contributed by atoms with Gasteiger partial charge in [-0.2, -0.15) is 5.26 Å². The van der Waals surface area contributed by atoms with Gasteiger partial charge in [-0.25, -0.2) is 4.98 Å². The molecule has 1 aliphatic carbocycles. The van der Waals surface area contributed by atoms with Crippen LogP contribution >= 0.6 is 15.9 Å². The van der Waals surface area contributed by atoms with Crippen LogP contribution in [0.25, 0.3) is 22.3 Å². The molecule has 0 radical (unpaired) electrons. The monoisotopic (exact) mass is 490 g/mol. The average Bonchev–Trinajstić information content (AvgIpc) is 3.52. The highest BCUT2D eigenvalue weighted by molar-refractivity contribution is 9.10. The van der Waals surface area contributed by atoms with Gasteiger partial charge in [-0.3, -0.25) is 10.1 Å². The minimum atomic E-state index is -0.410. The van der Waals surface area contributed by atoms with E-state index in [1.165, 1.54) is 6.07 Å². The quantitative estimate of drug-likeness (QED) is 0.232. The summed E-state index contributed by atoms with van der Waals surface area (Å²) in [6, 6.07) is 14.7. The standard InChI is InChI=1S/C24H19BrN4O3/c1-2-21-27-23(15-8-9-15)19(12-26)28(21)13-14-7-10-20-17(11-14)22(25)24(32-20)16-5-3-4-6-18(16)29(30)31/h3-7,10-11,15H,2,8-9,13H2,1H3. The van der Waals surface area contributed by atoms with E-state index in [4.69, 9.17) is 9.40 Å². The van der Waals surface area contributed by atoms with Gasteiger partial charge in [0.2, 0.25) is 0 Å². The van der Waals surface area contributed by atoms with E-state index < -0.39 is 4.92 Å². The molecular weight excluding hydrogens is 472 g/mol. The molecule has 0 unspecified atom stereocenters. The van der Waals surface area contributed by atoms with Crippen LogP contribution in [-0.4, -0.2) is 14.5 Å². The number of nitriles is 1. The molecule has 1 saturated carbocycles. The second kappa shape index (κ2) is 7.92. The van der Waals surface area contributed by atoms with Gasteiger partial charge in [0.25, 0.3) is 5.69 Å². The number of furan rings is 1. The summed E-state index contributed by atoms with van der Waals surface area (Å²) in [5, 5.41) is 22.1. The van der Waals surface area contributed by atoms with Gasteiger partial charge in [-0.05, 0) is 52.5 Å². The van der Waals surface area contributed by atoms with Gasteiger partial charge in [-0.15, -0.1) is 0 Å². The van der Waals surface area contributed by atoms with Crippen molar-refractivity contribution in [2.45, 2.75) is 38.6 Å².